The van der Waals surface area contributed by atoms with E-state index in [2.05, 4.69) is 74.5 Å². The highest BCUT2D eigenvalue weighted by Gasteiger charge is 2.36. The maximum absolute atomic E-state index is 10.8. The first-order chi connectivity index (χ1) is 41.6. The van der Waals surface area contributed by atoms with E-state index >= 15 is 0 Å². The Bertz CT molecular complexity index is 2160. The lowest BCUT2D eigenvalue weighted by Gasteiger charge is -2.37. The average Bonchev–Trinajstić information content (AvgIpc) is 4.32. The largest absolute Gasteiger partial charge is 0.871 e. The van der Waals surface area contributed by atoms with Gasteiger partial charge in [0.05, 0.1) is 46.6 Å². The van der Waals surface area contributed by atoms with E-state index in [-0.39, 0.29) is 6.61 Å². The maximum atomic E-state index is 10.8. The Morgan fingerprint density at radius 1 is 0.365 bits per heavy atom. The van der Waals surface area contributed by atoms with Crippen LogP contribution < -0.4 is 10.0 Å². The van der Waals surface area contributed by atoms with Crippen LogP contribution in [0.15, 0.2) is 133 Å². The monoisotopic (exact) mass is 1220 g/mol. The van der Waals surface area contributed by atoms with Gasteiger partial charge in [-0.2, -0.15) is 0 Å². The third-order valence-electron chi connectivity index (χ3n) is 18.7. The molecule has 0 amide bonds. The molecule has 5 nitrogen and oxygen atoms in total. The molecule has 7 rings (SSSR count). The van der Waals surface area contributed by atoms with Crippen molar-refractivity contribution in [3.05, 3.63) is 176 Å². The van der Waals surface area contributed by atoms with Gasteiger partial charge in [-0.1, -0.05) is 300 Å². The van der Waals surface area contributed by atoms with Crippen LogP contribution in [0.1, 0.15) is 260 Å². The summed E-state index contributed by atoms with van der Waals surface area (Å²) in [7, 11) is -2.29. The minimum absolute atomic E-state index is 0.0776. The highest BCUT2D eigenvalue weighted by molar-refractivity contribution is 6.31. The highest BCUT2D eigenvalue weighted by Crippen LogP contribution is 2.44. The van der Waals surface area contributed by atoms with E-state index in [1.54, 1.807) is 0 Å². The summed E-state index contributed by atoms with van der Waals surface area (Å²) < 4.78 is 7.45. The first kappa shape index (κ1) is 72.6. The van der Waals surface area contributed by atoms with Gasteiger partial charge in [0.15, 0.2) is 0 Å². The summed E-state index contributed by atoms with van der Waals surface area (Å²) in [5, 5.41) is 23.4. The number of hydrogen-bond acceptors (Lipinski definition) is 3. The molecule has 0 unspecified atom stereocenters. The zero-order chi connectivity index (χ0) is 60.4. The summed E-state index contributed by atoms with van der Waals surface area (Å²) in [6.45, 7) is 15.7. The van der Waals surface area contributed by atoms with Gasteiger partial charge in [0.25, 0.3) is 0 Å². The van der Waals surface area contributed by atoms with Crippen LogP contribution in [0.3, 0.4) is 0 Å². The molecule has 0 aromatic heterocycles. The van der Waals surface area contributed by atoms with Crippen molar-refractivity contribution in [3.8, 4) is 0 Å². The SMILES string of the molecule is CCCCCCCCCCCCCCCC[N+]1(Cc2ccccc2)CCCC1.CCCCCCCCCCCCCCCC[N+]1(Cc2ccccc2)CCCC1.[O-]B([O-])OCCCC(c1ccc(Cl)cc1)(c1ccc(Cl)cc1)c1ccc(Cl)cc1. The quantitative estimate of drug-likeness (QED) is 0.0169. The molecule has 2 aliphatic heterocycles. The molecule has 2 saturated heterocycles. The molecule has 470 valence electrons. The summed E-state index contributed by atoms with van der Waals surface area (Å²) >= 11 is 18.4. The van der Waals surface area contributed by atoms with Crippen molar-refractivity contribution in [1.82, 2.24) is 0 Å². The van der Waals surface area contributed by atoms with E-state index in [4.69, 9.17) is 39.5 Å². The standard InChI is InChI=1S/2C27H48N.C22H18BCl3O3/c2*1-2-3-4-5-6-7-8-9-10-11-12-13-14-18-23-28(24-19-20-25-28)26-27-21-16-15-17-22-27;24-19-8-2-16(3-9-19)22(14-1-15-29-23(27)28,17-4-10-20(25)11-5-17)18-6-12-21(26)13-7-18/h2*15-17,21-22H,2-14,18-20,23-26H2,1H3;2-13H,1,14-15H2/q2*+1;-2. The predicted octanol–water partition coefficient (Wildman–Crippen LogP) is 21.0. The molecule has 5 aromatic carbocycles. The summed E-state index contributed by atoms with van der Waals surface area (Å²) in [5.41, 5.74) is 5.57. The Kier molecular flexibility index (Phi) is 37.8. The van der Waals surface area contributed by atoms with Gasteiger partial charge in [-0.25, -0.2) is 0 Å². The van der Waals surface area contributed by atoms with Crippen molar-refractivity contribution in [2.24, 2.45) is 0 Å². The van der Waals surface area contributed by atoms with Crippen LogP contribution in [0, 0.1) is 0 Å². The van der Waals surface area contributed by atoms with E-state index in [1.165, 1.54) is 278 Å². The zero-order valence-corrected chi connectivity index (χ0v) is 55.7. The Hall–Kier alpha value is -3.17. The molecular formula is C76H114BCl3N2O3. The van der Waals surface area contributed by atoms with E-state index < -0.39 is 12.7 Å². The lowest BCUT2D eigenvalue weighted by Crippen LogP contribution is -2.48. The van der Waals surface area contributed by atoms with Gasteiger partial charge in [0.2, 0.25) is 0 Å². The van der Waals surface area contributed by atoms with Crippen LogP contribution in [0.2, 0.25) is 15.1 Å². The van der Waals surface area contributed by atoms with Crippen molar-refractivity contribution in [1.29, 1.82) is 0 Å². The second-order valence-corrected chi connectivity index (χ2v) is 26.9. The average molecular weight is 1220 g/mol. The number of unbranched alkanes of at least 4 members (excludes halogenated alkanes) is 26. The smallest absolute Gasteiger partial charge is 0.104 e. The lowest BCUT2D eigenvalue weighted by atomic mass is 9.67. The van der Waals surface area contributed by atoms with Gasteiger partial charge < -0.3 is 23.7 Å². The number of halogens is 3. The molecule has 0 saturated carbocycles. The van der Waals surface area contributed by atoms with Gasteiger partial charge in [0.1, 0.15) is 13.1 Å². The van der Waals surface area contributed by atoms with Crippen molar-refractivity contribution in [2.75, 3.05) is 45.9 Å². The van der Waals surface area contributed by atoms with Gasteiger partial charge >= 0.3 is 0 Å². The molecule has 85 heavy (non-hydrogen) atoms. The van der Waals surface area contributed by atoms with Crippen LogP contribution in [0.4, 0.5) is 0 Å². The Balaban J connectivity index is 0.000000233. The van der Waals surface area contributed by atoms with Crippen molar-refractivity contribution in [3.63, 3.8) is 0 Å². The van der Waals surface area contributed by atoms with Crippen molar-refractivity contribution < 1.29 is 23.7 Å². The number of likely N-dealkylation sites (tertiary alicyclic amines) is 2. The maximum Gasteiger partial charge on any atom is 0.104 e. The van der Waals surface area contributed by atoms with E-state index in [1.807, 2.05) is 72.8 Å². The molecule has 2 aliphatic rings. The number of benzene rings is 5. The Morgan fingerprint density at radius 2 is 0.635 bits per heavy atom. The van der Waals surface area contributed by atoms with Crippen molar-refractivity contribution in [2.45, 2.75) is 251 Å². The number of nitrogens with zero attached hydrogens (tertiary/aromatic N) is 2. The van der Waals surface area contributed by atoms with E-state index in [0.29, 0.717) is 27.9 Å². The third-order valence-corrected chi connectivity index (χ3v) is 19.4. The summed E-state index contributed by atoms with van der Waals surface area (Å²) in [6.07, 6.45) is 47.7. The molecule has 2 heterocycles. The molecule has 2 fully saturated rings. The number of quaternary nitrogens is 2. The fourth-order valence-electron chi connectivity index (χ4n) is 13.8. The first-order valence-corrected chi connectivity index (χ1v) is 35.7. The Morgan fingerprint density at radius 3 is 0.906 bits per heavy atom. The second-order valence-electron chi connectivity index (χ2n) is 25.6. The van der Waals surface area contributed by atoms with Gasteiger partial charge in [0, 0.05) is 63.9 Å². The van der Waals surface area contributed by atoms with Crippen LogP contribution in [-0.2, 0) is 23.2 Å². The van der Waals surface area contributed by atoms with Crippen LogP contribution in [0.25, 0.3) is 0 Å². The van der Waals surface area contributed by atoms with Crippen molar-refractivity contribution >= 4 is 42.1 Å². The molecule has 0 N–H and O–H groups in total. The van der Waals surface area contributed by atoms with Gasteiger partial charge in [-0.3, -0.25) is 0 Å². The molecule has 0 bridgehead atoms. The van der Waals surface area contributed by atoms with Crippen LogP contribution >= 0.6 is 34.8 Å². The van der Waals surface area contributed by atoms with E-state index in [9.17, 15) is 10.0 Å². The highest BCUT2D eigenvalue weighted by atomic mass is 35.5. The molecule has 9 heteroatoms. The Labute approximate surface area is 535 Å². The molecular weight excluding hydrogens is 1110 g/mol. The zero-order valence-electron chi connectivity index (χ0n) is 53.4. The minimum Gasteiger partial charge on any atom is -0.871 e. The number of hydrogen-bond donors (Lipinski definition) is 0. The summed E-state index contributed by atoms with van der Waals surface area (Å²) in [6, 6.07) is 45.4. The predicted molar refractivity (Wildman–Crippen MR) is 364 cm³/mol. The second kappa shape index (κ2) is 44.3. The molecule has 0 aliphatic carbocycles. The molecule has 0 spiro atoms. The van der Waals surface area contributed by atoms with Crippen LogP contribution in [-0.4, -0.2) is 62.2 Å². The topological polar surface area (TPSA) is 55.3 Å². The molecule has 0 atom stereocenters. The molecule has 0 radical (unpaired) electrons. The molecule has 5 aromatic rings. The normalized spacial score (nSPS) is 14.4. The minimum atomic E-state index is -2.29. The first-order valence-electron chi connectivity index (χ1n) is 34.6. The third kappa shape index (κ3) is 29.3. The summed E-state index contributed by atoms with van der Waals surface area (Å²) in [5.74, 6) is 0. The number of rotatable bonds is 42. The lowest BCUT2D eigenvalue weighted by molar-refractivity contribution is -0.930. The van der Waals surface area contributed by atoms with Crippen LogP contribution in [0.5, 0.6) is 0 Å². The van der Waals surface area contributed by atoms with Gasteiger partial charge in [-0.05, 0) is 91.6 Å². The fraction of sp³-hybridized carbons (Fsp3) is 0.605. The van der Waals surface area contributed by atoms with E-state index in [0.717, 1.165) is 16.7 Å². The summed E-state index contributed by atoms with van der Waals surface area (Å²) in [4.78, 5) is 0. The fourth-order valence-corrected chi connectivity index (χ4v) is 14.2. The van der Waals surface area contributed by atoms with Gasteiger partial charge in [-0.15, -0.1) is 0 Å².